The van der Waals surface area contributed by atoms with E-state index in [4.69, 9.17) is 4.74 Å². The van der Waals surface area contributed by atoms with Crippen molar-refractivity contribution >= 4 is 27.7 Å². The van der Waals surface area contributed by atoms with Gasteiger partial charge in [0.2, 0.25) is 10.0 Å². The van der Waals surface area contributed by atoms with Gasteiger partial charge < -0.3 is 10.1 Å². The molecule has 156 valence electrons. The number of carbonyl (C=O) groups is 1. The molecule has 0 radical (unpaired) electrons. The van der Waals surface area contributed by atoms with Gasteiger partial charge in [-0.15, -0.1) is 0 Å². The molecule has 0 aromatic heterocycles. The van der Waals surface area contributed by atoms with Crippen molar-refractivity contribution in [1.29, 1.82) is 0 Å². The van der Waals surface area contributed by atoms with Crippen molar-refractivity contribution in [2.75, 3.05) is 38.6 Å². The Morgan fingerprint density at radius 1 is 1.14 bits per heavy atom. The molecule has 2 aromatic carbocycles. The number of nitrogens with one attached hydrogen (secondary N) is 1. The smallest absolute Gasteiger partial charge is 0.251 e. The molecule has 1 fully saturated rings. The molecular weight excluding hydrogens is 408 g/mol. The second kappa shape index (κ2) is 10.2. The molecule has 6 nitrogen and oxygen atoms in total. The summed E-state index contributed by atoms with van der Waals surface area (Å²) in [4.78, 5) is 12.6. The van der Waals surface area contributed by atoms with Gasteiger partial charge in [-0.1, -0.05) is 35.9 Å². The molecule has 1 saturated heterocycles. The van der Waals surface area contributed by atoms with E-state index in [1.807, 2.05) is 0 Å². The maximum Gasteiger partial charge on any atom is 0.251 e. The molecule has 3 rings (SSSR count). The SMILES string of the molecule is Cc1ccc(CSCCNC(=O)c2cccc(S(=O)(=O)N3CCOCC3)c2)cc1. The zero-order valence-electron chi connectivity index (χ0n) is 16.5. The first kappa shape index (κ1) is 21.8. The zero-order valence-corrected chi connectivity index (χ0v) is 18.1. The van der Waals surface area contributed by atoms with Gasteiger partial charge in [0.05, 0.1) is 18.1 Å². The summed E-state index contributed by atoms with van der Waals surface area (Å²) in [5.41, 5.74) is 2.85. The first-order chi connectivity index (χ1) is 14.0. The maximum atomic E-state index is 12.8. The van der Waals surface area contributed by atoms with Crippen LogP contribution in [-0.4, -0.2) is 57.2 Å². The van der Waals surface area contributed by atoms with Crippen LogP contribution in [0, 0.1) is 6.92 Å². The Hall–Kier alpha value is -1.87. The third-order valence-electron chi connectivity index (χ3n) is 4.63. The van der Waals surface area contributed by atoms with Gasteiger partial charge in [-0.3, -0.25) is 4.79 Å². The van der Waals surface area contributed by atoms with Gasteiger partial charge in [-0.05, 0) is 30.7 Å². The van der Waals surface area contributed by atoms with Gasteiger partial charge in [0.25, 0.3) is 5.91 Å². The number of ether oxygens (including phenoxy) is 1. The highest BCUT2D eigenvalue weighted by Gasteiger charge is 2.26. The van der Waals surface area contributed by atoms with Crippen molar-refractivity contribution in [3.05, 3.63) is 65.2 Å². The summed E-state index contributed by atoms with van der Waals surface area (Å²) in [7, 11) is -3.61. The number of rotatable bonds is 8. The summed E-state index contributed by atoms with van der Waals surface area (Å²) in [5, 5.41) is 2.86. The van der Waals surface area contributed by atoms with Gasteiger partial charge >= 0.3 is 0 Å². The molecule has 0 bridgehead atoms. The molecule has 0 unspecified atom stereocenters. The molecule has 1 N–H and O–H groups in total. The Bertz CT molecular complexity index is 924. The van der Waals surface area contributed by atoms with Crippen molar-refractivity contribution in [3.8, 4) is 0 Å². The predicted molar refractivity (Wildman–Crippen MR) is 116 cm³/mol. The molecule has 1 aliphatic heterocycles. The summed E-state index contributed by atoms with van der Waals surface area (Å²) in [6.45, 7) is 4.02. The van der Waals surface area contributed by atoms with E-state index in [-0.39, 0.29) is 10.8 Å². The molecule has 0 saturated carbocycles. The summed E-state index contributed by atoms with van der Waals surface area (Å²) in [6, 6.07) is 14.6. The van der Waals surface area contributed by atoms with E-state index in [1.165, 1.54) is 27.6 Å². The number of hydrogen-bond acceptors (Lipinski definition) is 5. The number of sulfonamides is 1. The fraction of sp³-hybridized carbons (Fsp3) is 0.381. The molecule has 2 aromatic rings. The van der Waals surface area contributed by atoms with Gasteiger partial charge in [0.15, 0.2) is 0 Å². The number of nitrogens with zero attached hydrogens (tertiary/aromatic N) is 1. The Labute approximate surface area is 176 Å². The fourth-order valence-corrected chi connectivity index (χ4v) is 5.22. The summed E-state index contributed by atoms with van der Waals surface area (Å²) >= 11 is 1.75. The lowest BCUT2D eigenvalue weighted by Gasteiger charge is -2.26. The summed E-state index contributed by atoms with van der Waals surface area (Å²) in [6.07, 6.45) is 0. The molecule has 8 heteroatoms. The third kappa shape index (κ3) is 6.05. The van der Waals surface area contributed by atoms with Crippen molar-refractivity contribution in [2.24, 2.45) is 0 Å². The van der Waals surface area contributed by atoms with E-state index >= 15 is 0 Å². The van der Waals surface area contributed by atoms with Crippen molar-refractivity contribution in [1.82, 2.24) is 9.62 Å². The number of amides is 1. The quantitative estimate of drug-likeness (QED) is 0.647. The first-order valence-electron chi connectivity index (χ1n) is 9.56. The molecular formula is C21H26N2O4S2. The van der Waals surface area contributed by atoms with Crippen LogP contribution in [0.1, 0.15) is 21.5 Å². The van der Waals surface area contributed by atoms with Crippen LogP contribution >= 0.6 is 11.8 Å². The predicted octanol–water partition coefficient (Wildman–Crippen LogP) is 2.68. The minimum absolute atomic E-state index is 0.140. The van der Waals surface area contributed by atoms with Crippen molar-refractivity contribution < 1.29 is 17.9 Å². The highest BCUT2D eigenvalue weighted by atomic mass is 32.2. The number of morpholine rings is 1. The highest BCUT2D eigenvalue weighted by Crippen LogP contribution is 2.18. The van der Waals surface area contributed by atoms with Crippen LogP contribution in [0.2, 0.25) is 0 Å². The minimum Gasteiger partial charge on any atom is -0.379 e. The highest BCUT2D eigenvalue weighted by molar-refractivity contribution is 7.98. The second-order valence-corrected chi connectivity index (χ2v) is 9.88. The Morgan fingerprint density at radius 2 is 1.86 bits per heavy atom. The average Bonchev–Trinajstić information content (AvgIpc) is 2.75. The molecule has 29 heavy (non-hydrogen) atoms. The largest absolute Gasteiger partial charge is 0.379 e. The standard InChI is InChI=1S/C21H26N2O4S2/c1-17-5-7-18(8-6-17)16-28-14-9-22-21(24)19-3-2-4-20(15-19)29(25,26)23-10-12-27-13-11-23/h2-8,15H,9-14,16H2,1H3,(H,22,24). The van der Waals surface area contributed by atoms with Crippen LogP contribution in [0.15, 0.2) is 53.4 Å². The van der Waals surface area contributed by atoms with Crippen LogP contribution in [0.5, 0.6) is 0 Å². The molecule has 1 heterocycles. The van der Waals surface area contributed by atoms with Crippen LogP contribution in [0.3, 0.4) is 0 Å². The van der Waals surface area contributed by atoms with Crippen LogP contribution in [0.4, 0.5) is 0 Å². The lowest BCUT2D eigenvalue weighted by Crippen LogP contribution is -2.40. The molecule has 0 aliphatic carbocycles. The Morgan fingerprint density at radius 3 is 2.59 bits per heavy atom. The van der Waals surface area contributed by atoms with Crippen LogP contribution in [0.25, 0.3) is 0 Å². The van der Waals surface area contributed by atoms with E-state index in [1.54, 1.807) is 23.9 Å². The van der Waals surface area contributed by atoms with Crippen LogP contribution in [-0.2, 0) is 20.5 Å². The van der Waals surface area contributed by atoms with Crippen molar-refractivity contribution in [2.45, 2.75) is 17.6 Å². The fourth-order valence-electron chi connectivity index (χ4n) is 2.95. The normalized spacial score (nSPS) is 15.2. The number of carbonyl (C=O) groups excluding carboxylic acids is 1. The van der Waals surface area contributed by atoms with Crippen molar-refractivity contribution in [3.63, 3.8) is 0 Å². The number of thioether (sulfide) groups is 1. The lowest BCUT2D eigenvalue weighted by atomic mass is 10.2. The van der Waals surface area contributed by atoms with E-state index in [0.29, 0.717) is 38.4 Å². The summed E-state index contributed by atoms with van der Waals surface area (Å²) < 4.78 is 32.1. The zero-order chi connectivity index (χ0) is 20.7. The molecule has 0 atom stereocenters. The van der Waals surface area contributed by atoms with Gasteiger partial charge in [0, 0.05) is 36.7 Å². The molecule has 1 aliphatic rings. The number of aryl methyl sites for hydroxylation is 1. The molecule has 1 amide bonds. The Kier molecular flexibility index (Phi) is 7.71. The van der Waals surface area contributed by atoms with Gasteiger partial charge in [-0.25, -0.2) is 8.42 Å². The van der Waals surface area contributed by atoms with Crippen LogP contribution < -0.4 is 5.32 Å². The third-order valence-corrected chi connectivity index (χ3v) is 7.55. The topological polar surface area (TPSA) is 75.7 Å². The van der Waals surface area contributed by atoms with E-state index < -0.39 is 10.0 Å². The van der Waals surface area contributed by atoms with E-state index in [2.05, 4.69) is 36.5 Å². The lowest BCUT2D eigenvalue weighted by molar-refractivity contribution is 0.0730. The van der Waals surface area contributed by atoms with E-state index in [0.717, 1.165) is 11.5 Å². The number of benzene rings is 2. The average molecular weight is 435 g/mol. The molecule has 0 spiro atoms. The number of hydrogen-bond donors (Lipinski definition) is 1. The van der Waals surface area contributed by atoms with E-state index in [9.17, 15) is 13.2 Å². The second-order valence-electron chi connectivity index (χ2n) is 6.84. The Balaban J connectivity index is 1.50. The summed E-state index contributed by atoms with van der Waals surface area (Å²) in [5.74, 6) is 1.41. The monoisotopic (exact) mass is 434 g/mol. The maximum absolute atomic E-state index is 12.8. The first-order valence-corrected chi connectivity index (χ1v) is 12.2. The minimum atomic E-state index is -3.61. The van der Waals surface area contributed by atoms with Gasteiger partial charge in [0.1, 0.15) is 0 Å². The van der Waals surface area contributed by atoms with Gasteiger partial charge in [-0.2, -0.15) is 16.1 Å².